The molecule has 0 aromatic heterocycles. The van der Waals surface area contributed by atoms with Gasteiger partial charge >= 0.3 is 0 Å². The smallest absolute Gasteiger partial charge is 0.0627 e. The molecule has 1 aliphatic heterocycles. The lowest BCUT2D eigenvalue weighted by atomic mass is 9.92. The van der Waals surface area contributed by atoms with Crippen molar-refractivity contribution in [3.63, 3.8) is 0 Å². The van der Waals surface area contributed by atoms with Gasteiger partial charge in [0.1, 0.15) is 0 Å². The highest BCUT2D eigenvalue weighted by Crippen LogP contribution is 2.22. The van der Waals surface area contributed by atoms with E-state index in [1.807, 2.05) is 12.1 Å². The van der Waals surface area contributed by atoms with Crippen molar-refractivity contribution >= 4 is 17.3 Å². The van der Waals surface area contributed by atoms with Gasteiger partial charge in [0, 0.05) is 36.5 Å². The summed E-state index contributed by atoms with van der Waals surface area (Å²) in [4.78, 5) is 2.42. The fourth-order valence-electron chi connectivity index (χ4n) is 2.45. The number of likely N-dealkylation sites (tertiary alicyclic amines) is 1. The van der Waals surface area contributed by atoms with Crippen molar-refractivity contribution in [3.05, 3.63) is 34.9 Å². The number of hydrogen-bond acceptors (Lipinski definition) is 3. The molecular weight excluding hydrogens is 248 g/mol. The maximum absolute atomic E-state index is 8.94. The van der Waals surface area contributed by atoms with Crippen LogP contribution in [0.3, 0.4) is 0 Å². The average Bonchev–Trinajstić information content (AvgIpc) is 2.36. The van der Waals surface area contributed by atoms with Crippen molar-refractivity contribution in [1.82, 2.24) is 4.90 Å². The third-order valence-corrected chi connectivity index (χ3v) is 3.88. The first-order chi connectivity index (χ1) is 8.60. The SMILES string of the molecule is C[C@@H]1CN(Cc2ccc(Cl)cc2)[C@@H](C)C/C1=N/O. The Morgan fingerprint density at radius 3 is 2.61 bits per heavy atom. The van der Waals surface area contributed by atoms with Gasteiger partial charge in [-0.1, -0.05) is 35.8 Å². The van der Waals surface area contributed by atoms with Crippen LogP contribution in [0.25, 0.3) is 0 Å². The Morgan fingerprint density at radius 2 is 2.00 bits per heavy atom. The van der Waals surface area contributed by atoms with Gasteiger partial charge in [0.25, 0.3) is 0 Å². The van der Waals surface area contributed by atoms with Crippen LogP contribution in [-0.2, 0) is 6.54 Å². The van der Waals surface area contributed by atoms with Crippen LogP contribution in [0.15, 0.2) is 29.4 Å². The lowest BCUT2D eigenvalue weighted by Gasteiger charge is -2.37. The number of hydrogen-bond donors (Lipinski definition) is 1. The number of benzene rings is 1. The van der Waals surface area contributed by atoms with Gasteiger partial charge in [0.15, 0.2) is 0 Å². The van der Waals surface area contributed by atoms with E-state index in [2.05, 4.69) is 36.0 Å². The van der Waals surface area contributed by atoms with Crippen LogP contribution in [0.1, 0.15) is 25.8 Å². The Kier molecular flexibility index (Phi) is 4.25. The zero-order chi connectivity index (χ0) is 13.1. The molecule has 1 aromatic carbocycles. The number of rotatable bonds is 2. The van der Waals surface area contributed by atoms with E-state index in [1.54, 1.807) is 0 Å². The summed E-state index contributed by atoms with van der Waals surface area (Å²) in [6, 6.07) is 8.39. The Balaban J connectivity index is 2.03. The minimum Gasteiger partial charge on any atom is -0.411 e. The molecule has 1 N–H and O–H groups in total. The number of halogens is 1. The summed E-state index contributed by atoms with van der Waals surface area (Å²) >= 11 is 5.89. The van der Waals surface area contributed by atoms with E-state index in [9.17, 15) is 0 Å². The summed E-state index contributed by atoms with van der Waals surface area (Å²) in [6.07, 6.45) is 0.839. The molecule has 4 heteroatoms. The third kappa shape index (κ3) is 3.03. The molecule has 0 aliphatic carbocycles. The molecule has 1 aliphatic rings. The van der Waals surface area contributed by atoms with Crippen LogP contribution < -0.4 is 0 Å². The molecule has 0 saturated carbocycles. The van der Waals surface area contributed by atoms with Crippen LogP contribution in [0.2, 0.25) is 5.02 Å². The van der Waals surface area contributed by atoms with Crippen LogP contribution in [-0.4, -0.2) is 28.4 Å². The lowest BCUT2D eigenvalue weighted by molar-refractivity contribution is 0.168. The third-order valence-electron chi connectivity index (χ3n) is 3.63. The minimum atomic E-state index is 0.318. The molecule has 1 saturated heterocycles. The quantitative estimate of drug-likeness (QED) is 0.658. The fraction of sp³-hybridized carbons (Fsp3) is 0.500. The van der Waals surface area contributed by atoms with Crippen LogP contribution in [0.5, 0.6) is 0 Å². The Hall–Kier alpha value is -1.06. The van der Waals surface area contributed by atoms with E-state index < -0.39 is 0 Å². The van der Waals surface area contributed by atoms with Crippen LogP contribution in [0.4, 0.5) is 0 Å². The van der Waals surface area contributed by atoms with Crippen LogP contribution in [0, 0.1) is 5.92 Å². The van der Waals surface area contributed by atoms with Gasteiger partial charge < -0.3 is 5.21 Å². The van der Waals surface area contributed by atoms with Gasteiger partial charge in [-0.25, -0.2) is 0 Å². The van der Waals surface area contributed by atoms with E-state index >= 15 is 0 Å². The van der Waals surface area contributed by atoms with E-state index in [4.69, 9.17) is 16.8 Å². The van der Waals surface area contributed by atoms with E-state index in [0.717, 1.165) is 30.2 Å². The minimum absolute atomic E-state index is 0.318. The van der Waals surface area contributed by atoms with E-state index in [0.29, 0.717) is 12.0 Å². The average molecular weight is 267 g/mol. The molecule has 1 fully saturated rings. The second kappa shape index (κ2) is 5.72. The molecule has 1 aromatic rings. The van der Waals surface area contributed by atoms with Crippen molar-refractivity contribution in [2.24, 2.45) is 11.1 Å². The van der Waals surface area contributed by atoms with Gasteiger partial charge in [-0.15, -0.1) is 0 Å². The Labute approximate surface area is 113 Å². The molecule has 0 spiro atoms. The second-order valence-electron chi connectivity index (χ2n) is 5.10. The fourth-order valence-corrected chi connectivity index (χ4v) is 2.58. The molecule has 0 amide bonds. The Morgan fingerprint density at radius 1 is 1.33 bits per heavy atom. The summed E-state index contributed by atoms with van der Waals surface area (Å²) in [6.45, 7) is 6.13. The summed E-state index contributed by atoms with van der Waals surface area (Å²) < 4.78 is 0. The highest BCUT2D eigenvalue weighted by atomic mass is 35.5. The lowest BCUT2D eigenvalue weighted by Crippen LogP contribution is -2.44. The predicted molar refractivity (Wildman–Crippen MR) is 74.3 cm³/mol. The molecule has 98 valence electrons. The van der Waals surface area contributed by atoms with Gasteiger partial charge in [-0.3, -0.25) is 4.90 Å². The van der Waals surface area contributed by atoms with Crippen molar-refractivity contribution in [2.45, 2.75) is 32.9 Å². The van der Waals surface area contributed by atoms with Crippen molar-refractivity contribution in [2.75, 3.05) is 6.54 Å². The van der Waals surface area contributed by atoms with E-state index in [-0.39, 0.29) is 0 Å². The highest BCUT2D eigenvalue weighted by Gasteiger charge is 2.27. The summed E-state index contributed by atoms with van der Waals surface area (Å²) in [5, 5.41) is 13.1. The molecule has 0 radical (unpaired) electrons. The zero-order valence-electron chi connectivity index (χ0n) is 10.8. The standard InChI is InChI=1S/C14H19ClN2O/c1-10-8-17(11(2)7-14(10)16-18)9-12-3-5-13(15)6-4-12/h3-6,10-11,18H,7-9H2,1-2H3/b16-14-/t10-,11+/m1/s1. The zero-order valence-corrected chi connectivity index (χ0v) is 11.6. The van der Waals surface area contributed by atoms with Gasteiger partial charge in [-0.05, 0) is 24.6 Å². The van der Waals surface area contributed by atoms with Gasteiger partial charge in [0.05, 0.1) is 5.71 Å². The van der Waals surface area contributed by atoms with E-state index in [1.165, 1.54) is 5.56 Å². The maximum Gasteiger partial charge on any atom is 0.0627 e. The molecule has 1 heterocycles. The second-order valence-corrected chi connectivity index (χ2v) is 5.54. The summed E-state index contributed by atoms with van der Waals surface area (Å²) in [7, 11) is 0. The molecule has 0 unspecified atom stereocenters. The summed E-state index contributed by atoms with van der Waals surface area (Å²) in [5.74, 6) is 0.318. The molecule has 3 nitrogen and oxygen atoms in total. The molecule has 0 bridgehead atoms. The number of piperidine rings is 1. The van der Waals surface area contributed by atoms with Gasteiger partial charge in [-0.2, -0.15) is 0 Å². The number of oxime groups is 1. The molecular formula is C14H19ClN2O. The van der Waals surface area contributed by atoms with Crippen molar-refractivity contribution in [1.29, 1.82) is 0 Å². The molecule has 18 heavy (non-hydrogen) atoms. The first-order valence-corrected chi connectivity index (χ1v) is 6.67. The normalized spacial score (nSPS) is 27.6. The van der Waals surface area contributed by atoms with Crippen molar-refractivity contribution in [3.8, 4) is 0 Å². The van der Waals surface area contributed by atoms with Crippen LogP contribution >= 0.6 is 11.6 Å². The predicted octanol–water partition coefficient (Wildman–Crippen LogP) is 3.40. The number of nitrogens with zero attached hydrogens (tertiary/aromatic N) is 2. The molecule has 2 rings (SSSR count). The topological polar surface area (TPSA) is 35.8 Å². The monoisotopic (exact) mass is 266 g/mol. The summed E-state index contributed by atoms with van der Waals surface area (Å²) in [5.41, 5.74) is 2.18. The first kappa shape index (κ1) is 13.4. The van der Waals surface area contributed by atoms with Gasteiger partial charge in [0.2, 0.25) is 0 Å². The van der Waals surface area contributed by atoms with Crippen molar-refractivity contribution < 1.29 is 5.21 Å². The first-order valence-electron chi connectivity index (χ1n) is 6.29. The maximum atomic E-state index is 8.94. The highest BCUT2D eigenvalue weighted by molar-refractivity contribution is 6.30. The largest absolute Gasteiger partial charge is 0.411 e. The Bertz CT molecular complexity index is 430. The molecule has 2 atom stereocenters.